The van der Waals surface area contributed by atoms with Gasteiger partial charge in [-0.15, -0.1) is 0 Å². The number of likely N-dealkylation sites (tertiary alicyclic amines) is 1. The van der Waals surface area contributed by atoms with Crippen molar-refractivity contribution in [3.05, 3.63) is 35.9 Å². The average molecular weight is 392 g/mol. The van der Waals surface area contributed by atoms with Gasteiger partial charge in [-0.05, 0) is 37.2 Å². The van der Waals surface area contributed by atoms with E-state index >= 15 is 0 Å². The summed E-state index contributed by atoms with van der Waals surface area (Å²) < 4.78 is 0. The van der Waals surface area contributed by atoms with Crippen LogP contribution in [0.5, 0.6) is 0 Å². The van der Waals surface area contributed by atoms with Crippen LogP contribution in [0.2, 0.25) is 0 Å². The van der Waals surface area contributed by atoms with Gasteiger partial charge in [-0.3, -0.25) is 9.59 Å². The van der Waals surface area contributed by atoms with E-state index in [2.05, 4.69) is 0 Å². The molecule has 28 heavy (non-hydrogen) atoms. The topological polar surface area (TPSA) is 74.7 Å². The molecule has 1 aliphatic rings. The van der Waals surface area contributed by atoms with E-state index in [9.17, 15) is 14.4 Å². The minimum absolute atomic E-state index is 0.139. The third-order valence-corrected chi connectivity index (χ3v) is 4.44. The fraction of sp³-hybridized carbons (Fsp3) is 0.609. The summed E-state index contributed by atoms with van der Waals surface area (Å²) in [5.74, 6) is 0.701. The molecule has 1 aromatic rings. The van der Waals surface area contributed by atoms with Gasteiger partial charge in [-0.1, -0.05) is 51.1 Å². The number of aliphatic hydroxyl groups is 1. The Morgan fingerprint density at radius 2 is 1.86 bits per heavy atom. The molecule has 1 atom stereocenters. The number of aldehydes is 1. The average Bonchev–Trinajstić information content (AvgIpc) is 3.19. The predicted octanol–water partition coefficient (Wildman–Crippen LogP) is 3.82. The van der Waals surface area contributed by atoms with Crippen LogP contribution in [0.25, 0.3) is 0 Å². The van der Waals surface area contributed by atoms with Gasteiger partial charge in [-0.2, -0.15) is 0 Å². The molecule has 1 N–H and O–H groups in total. The maximum Gasteiger partial charge on any atom is 0.223 e. The van der Waals surface area contributed by atoms with Crippen LogP contribution in [0.3, 0.4) is 0 Å². The number of Topliss-reactive ketones (excluding diaryl/α,β-unsaturated/α-hetero) is 1. The van der Waals surface area contributed by atoms with E-state index in [1.54, 1.807) is 0 Å². The summed E-state index contributed by atoms with van der Waals surface area (Å²) in [6.07, 6.45) is 6.23. The summed E-state index contributed by atoms with van der Waals surface area (Å²) >= 11 is 0. The quantitative estimate of drug-likeness (QED) is 0.684. The molecule has 0 spiro atoms. The molecule has 1 saturated heterocycles. The maximum atomic E-state index is 12.4. The Bertz CT molecular complexity index is 557. The number of amides is 1. The molecule has 158 valence electrons. The van der Waals surface area contributed by atoms with Crippen molar-refractivity contribution < 1.29 is 19.5 Å². The van der Waals surface area contributed by atoms with Crippen molar-refractivity contribution >= 4 is 18.0 Å². The number of carbonyl (C=O) groups excluding carboxylic acids is 3. The largest absolute Gasteiger partial charge is 0.400 e. The first-order chi connectivity index (χ1) is 13.5. The fourth-order valence-electron chi connectivity index (χ4n) is 3.06. The molecule has 1 heterocycles. The van der Waals surface area contributed by atoms with Gasteiger partial charge in [0.1, 0.15) is 6.29 Å². The number of rotatable bonds is 8. The number of hydrogen-bond acceptors (Lipinski definition) is 4. The molecule has 2 rings (SSSR count). The van der Waals surface area contributed by atoms with E-state index < -0.39 is 0 Å². The Hall–Kier alpha value is -2.01. The van der Waals surface area contributed by atoms with Crippen LogP contribution in [-0.4, -0.2) is 47.7 Å². The van der Waals surface area contributed by atoms with Gasteiger partial charge in [0.15, 0.2) is 5.78 Å². The number of carbonyl (C=O) groups is 3. The third kappa shape index (κ3) is 10.4. The van der Waals surface area contributed by atoms with Gasteiger partial charge in [0, 0.05) is 32.9 Å². The van der Waals surface area contributed by atoms with Gasteiger partial charge in [0.05, 0.1) is 6.04 Å². The lowest BCUT2D eigenvalue weighted by atomic mass is 10.0. The Morgan fingerprint density at radius 3 is 2.36 bits per heavy atom. The second-order valence-corrected chi connectivity index (χ2v) is 7.25. The number of hydrogen-bond donors (Lipinski definition) is 1. The monoisotopic (exact) mass is 391 g/mol. The van der Waals surface area contributed by atoms with Crippen LogP contribution in [0.15, 0.2) is 30.3 Å². The van der Waals surface area contributed by atoms with Crippen LogP contribution < -0.4 is 0 Å². The summed E-state index contributed by atoms with van der Waals surface area (Å²) in [5.41, 5.74) is 1.18. The first-order valence-electron chi connectivity index (χ1n) is 10.2. The Labute approximate surface area is 170 Å². The van der Waals surface area contributed by atoms with Crippen molar-refractivity contribution in [2.24, 2.45) is 5.92 Å². The Kier molecular flexibility index (Phi) is 14.8. The predicted molar refractivity (Wildman–Crippen MR) is 113 cm³/mol. The normalized spacial score (nSPS) is 15.2. The summed E-state index contributed by atoms with van der Waals surface area (Å²) in [6, 6.07) is 9.88. The highest BCUT2D eigenvalue weighted by Gasteiger charge is 2.33. The number of benzene rings is 1. The van der Waals surface area contributed by atoms with Crippen molar-refractivity contribution in [3.63, 3.8) is 0 Å². The highest BCUT2D eigenvalue weighted by Crippen LogP contribution is 2.22. The zero-order chi connectivity index (χ0) is 21.4. The van der Waals surface area contributed by atoms with Crippen molar-refractivity contribution in [1.82, 2.24) is 4.90 Å². The van der Waals surface area contributed by atoms with Crippen LogP contribution in [0, 0.1) is 5.92 Å². The number of aryl methyl sites for hydroxylation is 1. The molecule has 0 radical (unpaired) electrons. The van der Waals surface area contributed by atoms with Gasteiger partial charge in [0.2, 0.25) is 5.91 Å². The highest BCUT2D eigenvalue weighted by atomic mass is 16.2. The van der Waals surface area contributed by atoms with Crippen LogP contribution >= 0.6 is 0 Å². The Balaban J connectivity index is 0.000000906. The smallest absolute Gasteiger partial charge is 0.223 e. The van der Waals surface area contributed by atoms with Gasteiger partial charge >= 0.3 is 0 Å². The minimum Gasteiger partial charge on any atom is -0.400 e. The molecule has 5 nitrogen and oxygen atoms in total. The molecule has 1 fully saturated rings. The van der Waals surface area contributed by atoms with Gasteiger partial charge in [0.25, 0.3) is 0 Å². The highest BCUT2D eigenvalue weighted by molar-refractivity contribution is 5.89. The summed E-state index contributed by atoms with van der Waals surface area (Å²) in [7, 11) is 1.00. The number of unbranched alkanes of at least 4 members (excludes halogenated alkanes) is 1. The molecule has 0 aliphatic carbocycles. The molecular weight excluding hydrogens is 354 g/mol. The lowest BCUT2D eigenvalue weighted by Crippen LogP contribution is -2.41. The SMILES string of the molecule is CC(C)CC(=O)N1CCCC1C(=O)CCc1ccccc1.CCCC=O.CO. The van der Waals surface area contributed by atoms with Crippen LogP contribution in [-0.2, 0) is 20.8 Å². The van der Waals surface area contributed by atoms with E-state index in [0.29, 0.717) is 25.2 Å². The third-order valence-electron chi connectivity index (χ3n) is 4.44. The van der Waals surface area contributed by atoms with E-state index in [4.69, 9.17) is 5.11 Å². The van der Waals surface area contributed by atoms with Crippen molar-refractivity contribution in [2.75, 3.05) is 13.7 Å². The van der Waals surface area contributed by atoms with Crippen molar-refractivity contribution in [2.45, 2.75) is 71.8 Å². The zero-order valence-corrected chi connectivity index (χ0v) is 17.9. The fourth-order valence-corrected chi connectivity index (χ4v) is 3.06. The lowest BCUT2D eigenvalue weighted by molar-refractivity contribution is -0.138. The molecule has 5 heteroatoms. The molecular formula is C23H37NO4. The molecule has 1 unspecified atom stereocenters. The van der Waals surface area contributed by atoms with Crippen LogP contribution in [0.4, 0.5) is 0 Å². The maximum absolute atomic E-state index is 12.4. The molecule has 0 aromatic heterocycles. The van der Waals surface area contributed by atoms with Crippen molar-refractivity contribution in [3.8, 4) is 0 Å². The summed E-state index contributed by atoms with van der Waals surface area (Å²) in [4.78, 5) is 35.9. The van der Waals surface area contributed by atoms with Gasteiger partial charge in [-0.25, -0.2) is 0 Å². The Morgan fingerprint density at radius 1 is 1.21 bits per heavy atom. The molecule has 1 aliphatic heterocycles. The minimum atomic E-state index is -0.181. The summed E-state index contributed by atoms with van der Waals surface area (Å²) in [5, 5.41) is 7.00. The molecule has 0 saturated carbocycles. The second-order valence-electron chi connectivity index (χ2n) is 7.25. The van der Waals surface area contributed by atoms with E-state index in [1.807, 2.05) is 56.0 Å². The second kappa shape index (κ2) is 16.0. The lowest BCUT2D eigenvalue weighted by Gasteiger charge is -2.24. The standard InChI is InChI=1S/C18H25NO2.C4H8O.CH4O/c1-14(2)13-18(21)19-12-6-9-16(19)17(20)11-10-15-7-4-3-5-8-15;1-2-3-4-5;1-2/h3-5,7-8,14,16H,6,9-13H2,1-2H3;4H,2-3H2,1H3;2H,1H3. The van der Waals surface area contributed by atoms with Crippen LogP contribution in [0.1, 0.15) is 64.9 Å². The number of nitrogens with zero attached hydrogens (tertiary/aromatic N) is 1. The number of aliphatic hydroxyl groups excluding tert-OH is 1. The van der Waals surface area contributed by atoms with E-state index in [0.717, 1.165) is 45.6 Å². The first kappa shape index (κ1) is 26.0. The van der Waals surface area contributed by atoms with E-state index in [1.165, 1.54) is 5.56 Å². The molecule has 1 amide bonds. The zero-order valence-electron chi connectivity index (χ0n) is 17.9. The number of ketones is 1. The summed E-state index contributed by atoms with van der Waals surface area (Å²) in [6.45, 7) is 6.81. The van der Waals surface area contributed by atoms with E-state index in [-0.39, 0.29) is 17.7 Å². The first-order valence-corrected chi connectivity index (χ1v) is 10.2. The molecule has 0 bridgehead atoms. The van der Waals surface area contributed by atoms with Gasteiger partial charge < -0.3 is 14.8 Å². The molecule has 1 aromatic carbocycles. The van der Waals surface area contributed by atoms with Crippen molar-refractivity contribution in [1.29, 1.82) is 0 Å².